The molecule has 0 saturated carbocycles. The third-order valence-corrected chi connectivity index (χ3v) is 7.06. The van der Waals surface area contributed by atoms with Gasteiger partial charge in [-0.2, -0.15) is 0 Å². The van der Waals surface area contributed by atoms with Gasteiger partial charge < -0.3 is 0 Å². The van der Waals surface area contributed by atoms with Crippen LogP contribution in [0.25, 0.3) is 0 Å². The van der Waals surface area contributed by atoms with Gasteiger partial charge in [-0.25, -0.2) is 0 Å². The van der Waals surface area contributed by atoms with E-state index in [0.717, 1.165) is 12.8 Å². The Bertz CT molecular complexity index is 345. The maximum Gasteiger partial charge on any atom is 0.131 e. The highest BCUT2D eigenvalue weighted by molar-refractivity contribution is 8.19. The number of ketones is 2. The van der Waals surface area contributed by atoms with E-state index >= 15 is 0 Å². The van der Waals surface area contributed by atoms with E-state index in [2.05, 4.69) is 41.5 Å². The van der Waals surface area contributed by atoms with Gasteiger partial charge in [-0.15, -0.1) is 23.5 Å². The van der Waals surface area contributed by atoms with Crippen molar-refractivity contribution >= 4 is 35.1 Å². The van der Waals surface area contributed by atoms with E-state index in [1.165, 1.54) is 0 Å². The van der Waals surface area contributed by atoms with Gasteiger partial charge in [0.15, 0.2) is 0 Å². The minimum Gasteiger partial charge on any atom is -0.300 e. The first-order chi connectivity index (χ1) is 9.37. The Balaban J connectivity index is 5.02. The molecule has 124 valence electrons. The van der Waals surface area contributed by atoms with Crippen molar-refractivity contribution in [1.29, 1.82) is 0 Å². The van der Waals surface area contributed by atoms with E-state index in [1.54, 1.807) is 13.8 Å². The topological polar surface area (TPSA) is 34.1 Å². The number of hydrogen-bond donors (Lipinski definition) is 0. The molecular formula is C17H32O2S2. The Kier molecular flexibility index (Phi) is 8.07. The lowest BCUT2D eigenvalue weighted by Gasteiger charge is -2.41. The van der Waals surface area contributed by atoms with Crippen LogP contribution in [0.4, 0.5) is 0 Å². The first kappa shape index (κ1) is 21.0. The molecule has 2 nitrogen and oxygen atoms in total. The summed E-state index contributed by atoms with van der Waals surface area (Å²) in [5, 5.41) is 0. The fraction of sp³-hybridized carbons (Fsp3) is 0.882. The van der Waals surface area contributed by atoms with Crippen LogP contribution in [0.1, 0.15) is 81.1 Å². The van der Waals surface area contributed by atoms with Gasteiger partial charge in [0.1, 0.15) is 11.6 Å². The average Bonchev–Trinajstić information content (AvgIpc) is 2.24. The summed E-state index contributed by atoms with van der Waals surface area (Å²) in [6.45, 7) is 16.4. The normalized spacial score (nSPS) is 17.9. The van der Waals surface area contributed by atoms with E-state index < -0.39 is 0 Å². The maximum atomic E-state index is 11.5. The lowest BCUT2D eigenvalue weighted by molar-refractivity contribution is -0.118. The molecule has 0 aromatic rings. The summed E-state index contributed by atoms with van der Waals surface area (Å²) in [6.07, 6.45) is 3.15. The smallest absolute Gasteiger partial charge is 0.131 e. The molecule has 0 amide bonds. The lowest BCUT2D eigenvalue weighted by atomic mass is 10.0. The van der Waals surface area contributed by atoms with Crippen molar-refractivity contribution in [1.82, 2.24) is 0 Å². The molecule has 0 bridgehead atoms. The Morgan fingerprint density at radius 3 is 1.24 bits per heavy atom. The Hall–Kier alpha value is 0.0400. The maximum absolute atomic E-state index is 11.5. The predicted octanol–water partition coefficient (Wildman–Crippen LogP) is 5.48. The first-order valence-corrected chi connectivity index (χ1v) is 9.39. The molecule has 0 aliphatic heterocycles. The second kappa shape index (κ2) is 8.05. The largest absolute Gasteiger partial charge is 0.300 e. The van der Waals surface area contributed by atoms with E-state index in [9.17, 15) is 9.59 Å². The molecule has 0 saturated heterocycles. The van der Waals surface area contributed by atoms with Gasteiger partial charge in [0, 0.05) is 22.3 Å². The molecule has 0 aliphatic rings. The van der Waals surface area contributed by atoms with Gasteiger partial charge in [0.05, 0.1) is 4.08 Å². The van der Waals surface area contributed by atoms with Gasteiger partial charge in [0.2, 0.25) is 0 Å². The molecule has 0 aromatic heterocycles. The lowest BCUT2D eigenvalue weighted by Crippen LogP contribution is -2.33. The molecule has 0 heterocycles. The summed E-state index contributed by atoms with van der Waals surface area (Å²) in [6, 6.07) is 0. The van der Waals surface area contributed by atoms with Crippen LogP contribution in [0.2, 0.25) is 0 Å². The summed E-state index contributed by atoms with van der Waals surface area (Å²) >= 11 is 3.76. The zero-order chi connectivity index (χ0) is 16.9. The molecule has 0 aliphatic carbocycles. The van der Waals surface area contributed by atoms with Crippen LogP contribution in [0.5, 0.6) is 0 Å². The Morgan fingerprint density at radius 1 is 0.762 bits per heavy atom. The quantitative estimate of drug-likeness (QED) is 0.496. The number of carbonyl (C=O) groups is 2. The summed E-state index contributed by atoms with van der Waals surface area (Å²) < 4.78 is -0.0964. The van der Waals surface area contributed by atoms with Crippen LogP contribution in [0.15, 0.2) is 0 Å². The third kappa shape index (κ3) is 8.29. The highest BCUT2D eigenvalue weighted by Crippen LogP contribution is 2.52. The molecule has 0 rings (SSSR count). The van der Waals surface area contributed by atoms with Gasteiger partial charge in [0.25, 0.3) is 0 Å². The van der Waals surface area contributed by atoms with Crippen molar-refractivity contribution in [3.05, 3.63) is 0 Å². The van der Waals surface area contributed by atoms with E-state index in [0.29, 0.717) is 12.8 Å². The van der Waals surface area contributed by atoms with Gasteiger partial charge in [-0.3, -0.25) is 9.59 Å². The molecule has 2 atom stereocenters. The third-order valence-electron chi connectivity index (χ3n) is 3.73. The Morgan fingerprint density at radius 2 is 1.05 bits per heavy atom. The second-order valence-corrected chi connectivity index (χ2v) is 11.6. The van der Waals surface area contributed by atoms with Crippen LogP contribution in [0, 0.1) is 0 Å². The molecule has 0 aromatic carbocycles. The van der Waals surface area contributed by atoms with Crippen molar-refractivity contribution in [2.24, 2.45) is 0 Å². The molecule has 0 fully saturated rings. The van der Waals surface area contributed by atoms with Gasteiger partial charge >= 0.3 is 0 Å². The van der Waals surface area contributed by atoms with Crippen molar-refractivity contribution in [2.75, 3.05) is 0 Å². The molecule has 2 unspecified atom stereocenters. The minimum atomic E-state index is -0.0345. The van der Waals surface area contributed by atoms with E-state index in [1.807, 2.05) is 23.5 Å². The zero-order valence-electron chi connectivity index (χ0n) is 15.0. The number of hydrogen-bond acceptors (Lipinski definition) is 4. The van der Waals surface area contributed by atoms with Crippen molar-refractivity contribution in [2.45, 2.75) is 94.6 Å². The molecular weight excluding hydrogens is 300 g/mol. The van der Waals surface area contributed by atoms with Crippen LogP contribution < -0.4 is 0 Å². The monoisotopic (exact) mass is 332 g/mol. The van der Waals surface area contributed by atoms with Crippen LogP contribution in [-0.4, -0.2) is 25.1 Å². The predicted molar refractivity (Wildman–Crippen MR) is 97.2 cm³/mol. The van der Waals surface area contributed by atoms with Crippen LogP contribution >= 0.6 is 23.5 Å². The minimum absolute atomic E-state index is 0.0274. The number of carbonyl (C=O) groups excluding carboxylic acids is 2. The number of rotatable bonds is 10. The number of Topliss-reactive ketones (excluding diaryl/α,β-unsaturated/α-hetero) is 2. The summed E-state index contributed by atoms with van der Waals surface area (Å²) in [7, 11) is 0. The molecule has 4 heteroatoms. The molecule has 0 N–H and O–H groups in total. The Labute approximate surface area is 139 Å². The first-order valence-electron chi connectivity index (χ1n) is 7.76. The summed E-state index contributed by atoms with van der Waals surface area (Å²) in [4.78, 5) is 23.1. The standard InChI is InChI=1S/C17H32O2S2/c1-9-16(7,11-13(3)18)20-15(5,6)21-17(8,10-2)12-14(4)19/h9-12H2,1-8H3. The van der Waals surface area contributed by atoms with Crippen molar-refractivity contribution < 1.29 is 9.59 Å². The molecule has 0 radical (unpaired) electrons. The fourth-order valence-corrected chi connectivity index (χ4v) is 7.31. The van der Waals surface area contributed by atoms with Gasteiger partial charge in [-0.05, 0) is 54.4 Å². The fourth-order valence-electron chi connectivity index (χ4n) is 2.73. The van der Waals surface area contributed by atoms with Crippen LogP contribution in [0.3, 0.4) is 0 Å². The SMILES string of the molecule is CCC(C)(CC(C)=O)SC(C)(C)SC(C)(CC)CC(C)=O. The second-order valence-electron chi connectivity index (χ2n) is 6.97. The van der Waals surface area contributed by atoms with Crippen LogP contribution in [-0.2, 0) is 9.59 Å². The molecule has 0 spiro atoms. The highest BCUT2D eigenvalue weighted by Gasteiger charge is 2.38. The average molecular weight is 333 g/mol. The van der Waals surface area contributed by atoms with E-state index in [4.69, 9.17) is 0 Å². The highest BCUT2D eigenvalue weighted by atomic mass is 32.2. The zero-order valence-corrected chi connectivity index (χ0v) is 16.6. The summed E-state index contributed by atoms with van der Waals surface area (Å²) in [5.41, 5.74) is 0. The number of thioether (sulfide) groups is 2. The van der Waals surface area contributed by atoms with E-state index in [-0.39, 0.29) is 25.1 Å². The van der Waals surface area contributed by atoms with Gasteiger partial charge in [-0.1, -0.05) is 13.8 Å². The summed E-state index contributed by atoms with van der Waals surface area (Å²) in [5.74, 6) is 0.490. The van der Waals surface area contributed by atoms with Crippen molar-refractivity contribution in [3.63, 3.8) is 0 Å². The van der Waals surface area contributed by atoms with Crippen molar-refractivity contribution in [3.8, 4) is 0 Å². The molecule has 21 heavy (non-hydrogen) atoms.